The van der Waals surface area contributed by atoms with Crippen LogP contribution < -0.4 is 15.0 Å². The molecule has 3 aromatic rings. The average molecular weight is 417 g/mol. The number of para-hydroxylation sites is 3. The average Bonchev–Trinajstić information content (AvgIpc) is 3.11. The predicted octanol–water partition coefficient (Wildman–Crippen LogP) is 3.37. The van der Waals surface area contributed by atoms with E-state index in [0.29, 0.717) is 28.8 Å². The molecule has 156 valence electrons. The smallest absolute Gasteiger partial charge is 0.336 e. The second-order valence-electron chi connectivity index (χ2n) is 6.85. The molecule has 4 rings (SSSR count). The van der Waals surface area contributed by atoms with Gasteiger partial charge in [0.1, 0.15) is 11.3 Å². The van der Waals surface area contributed by atoms with E-state index in [0.717, 1.165) is 4.90 Å². The highest BCUT2D eigenvalue weighted by atomic mass is 16.5. The lowest BCUT2D eigenvalue weighted by Gasteiger charge is -2.27. The maximum Gasteiger partial charge on any atom is 0.336 e. The summed E-state index contributed by atoms with van der Waals surface area (Å²) in [6.07, 6.45) is 2.96. The van der Waals surface area contributed by atoms with Gasteiger partial charge in [-0.05, 0) is 31.2 Å². The Bertz CT molecular complexity index is 1270. The Balaban J connectivity index is 1.83. The van der Waals surface area contributed by atoms with Gasteiger partial charge in [-0.1, -0.05) is 30.3 Å². The number of nitrogens with one attached hydrogen (secondary N) is 1. The molecule has 31 heavy (non-hydrogen) atoms. The lowest BCUT2D eigenvalue weighted by Crippen LogP contribution is -2.54. The molecule has 1 saturated heterocycles. The Labute approximate surface area is 177 Å². The first-order valence-corrected chi connectivity index (χ1v) is 9.66. The lowest BCUT2D eigenvalue weighted by molar-refractivity contribution is -0.122. The fourth-order valence-corrected chi connectivity index (χ4v) is 3.53. The third kappa shape index (κ3) is 3.48. The van der Waals surface area contributed by atoms with Crippen molar-refractivity contribution >= 4 is 46.4 Å². The number of urea groups is 1. The van der Waals surface area contributed by atoms with Crippen LogP contribution in [-0.2, 0) is 9.59 Å². The summed E-state index contributed by atoms with van der Waals surface area (Å²) in [5.74, 6) is -1.45. The van der Waals surface area contributed by atoms with Crippen molar-refractivity contribution in [1.29, 1.82) is 0 Å². The first-order chi connectivity index (χ1) is 14.9. The second-order valence-corrected chi connectivity index (χ2v) is 6.85. The molecule has 0 bridgehead atoms. The number of imide groups is 2. The molecule has 2 heterocycles. The normalized spacial score (nSPS) is 15.5. The van der Waals surface area contributed by atoms with E-state index < -0.39 is 17.8 Å². The van der Waals surface area contributed by atoms with Gasteiger partial charge in [0.05, 0.1) is 17.8 Å². The minimum Gasteiger partial charge on any atom is -0.492 e. The number of aromatic nitrogens is 1. The molecule has 1 aromatic heterocycles. The number of nitrogens with zero attached hydrogens (tertiary/aromatic N) is 2. The number of ether oxygens (including phenoxy) is 1. The van der Waals surface area contributed by atoms with Gasteiger partial charge in [-0.25, -0.2) is 9.69 Å². The van der Waals surface area contributed by atoms with Gasteiger partial charge in [0.2, 0.25) is 5.91 Å². The summed E-state index contributed by atoms with van der Waals surface area (Å²) in [4.78, 5) is 51.2. The van der Waals surface area contributed by atoms with Gasteiger partial charge in [0, 0.05) is 24.1 Å². The zero-order valence-electron chi connectivity index (χ0n) is 16.9. The van der Waals surface area contributed by atoms with Crippen molar-refractivity contribution in [2.75, 3.05) is 11.5 Å². The maximum atomic E-state index is 13.2. The van der Waals surface area contributed by atoms with E-state index in [1.807, 2.05) is 0 Å². The predicted molar refractivity (Wildman–Crippen MR) is 115 cm³/mol. The topological polar surface area (TPSA) is 97.7 Å². The molecule has 0 saturated carbocycles. The fourth-order valence-electron chi connectivity index (χ4n) is 3.53. The minimum atomic E-state index is -0.856. The Morgan fingerprint density at radius 3 is 2.52 bits per heavy atom. The van der Waals surface area contributed by atoms with Crippen LogP contribution in [0.25, 0.3) is 17.0 Å². The van der Waals surface area contributed by atoms with E-state index in [2.05, 4.69) is 5.32 Å². The van der Waals surface area contributed by atoms with Gasteiger partial charge in [-0.3, -0.25) is 24.3 Å². The van der Waals surface area contributed by atoms with Crippen LogP contribution in [0, 0.1) is 0 Å². The van der Waals surface area contributed by atoms with E-state index in [4.69, 9.17) is 4.74 Å². The van der Waals surface area contributed by atoms with Crippen LogP contribution >= 0.6 is 0 Å². The van der Waals surface area contributed by atoms with Crippen molar-refractivity contribution < 1.29 is 23.9 Å². The second kappa shape index (κ2) is 7.91. The first-order valence-electron chi connectivity index (χ1n) is 9.66. The summed E-state index contributed by atoms with van der Waals surface area (Å²) in [5, 5.41) is 2.90. The van der Waals surface area contributed by atoms with Crippen LogP contribution in [0.3, 0.4) is 0 Å². The van der Waals surface area contributed by atoms with Crippen LogP contribution in [0.2, 0.25) is 0 Å². The third-order valence-corrected chi connectivity index (χ3v) is 4.89. The van der Waals surface area contributed by atoms with Crippen molar-refractivity contribution in [2.45, 2.75) is 13.8 Å². The Kier molecular flexibility index (Phi) is 5.12. The first kappa shape index (κ1) is 20.1. The van der Waals surface area contributed by atoms with Crippen molar-refractivity contribution in [3.05, 3.63) is 65.9 Å². The molecular formula is C23H19N3O5. The number of hydrogen-bond acceptors (Lipinski definition) is 5. The van der Waals surface area contributed by atoms with Gasteiger partial charge < -0.3 is 4.74 Å². The van der Waals surface area contributed by atoms with E-state index in [9.17, 15) is 19.2 Å². The van der Waals surface area contributed by atoms with Crippen molar-refractivity contribution in [3.63, 3.8) is 0 Å². The standard InChI is InChI=1S/C23H19N3O5/c1-3-31-20-11-7-6-10-19(20)26-22(29)17(21(28)24-23(26)30)12-15-13-25(14(2)27)18-9-5-4-8-16(15)18/h4-13H,3H2,1-2H3,(H,24,28,30)/b17-12-. The van der Waals surface area contributed by atoms with Crippen molar-refractivity contribution in [2.24, 2.45) is 0 Å². The van der Waals surface area contributed by atoms with Gasteiger partial charge in [-0.2, -0.15) is 0 Å². The fraction of sp³-hybridized carbons (Fsp3) is 0.130. The number of anilines is 1. The molecule has 1 aliphatic heterocycles. The molecule has 1 fully saturated rings. The third-order valence-electron chi connectivity index (χ3n) is 4.89. The van der Waals surface area contributed by atoms with Gasteiger partial charge in [0.15, 0.2) is 0 Å². The monoisotopic (exact) mass is 417 g/mol. The zero-order chi connectivity index (χ0) is 22.1. The summed E-state index contributed by atoms with van der Waals surface area (Å²) < 4.78 is 6.98. The number of rotatable bonds is 4. The quantitative estimate of drug-likeness (QED) is 0.519. The van der Waals surface area contributed by atoms with E-state index in [-0.39, 0.29) is 17.2 Å². The largest absolute Gasteiger partial charge is 0.492 e. The SMILES string of the molecule is CCOc1ccccc1N1C(=O)NC(=O)/C(=C/c2cn(C(C)=O)c3ccccc23)C1=O. The molecule has 0 aliphatic carbocycles. The number of benzene rings is 2. The Morgan fingerprint density at radius 1 is 1.06 bits per heavy atom. The number of carbonyl (C=O) groups is 4. The molecule has 0 spiro atoms. The van der Waals surface area contributed by atoms with Crippen LogP contribution in [0.1, 0.15) is 24.2 Å². The van der Waals surface area contributed by atoms with Crippen molar-refractivity contribution in [1.82, 2.24) is 9.88 Å². The highest BCUT2D eigenvalue weighted by molar-refractivity contribution is 6.39. The van der Waals surface area contributed by atoms with Gasteiger partial charge in [-0.15, -0.1) is 0 Å². The summed E-state index contributed by atoms with van der Waals surface area (Å²) in [5.41, 5.74) is 1.17. The maximum absolute atomic E-state index is 13.2. The molecule has 0 unspecified atom stereocenters. The lowest BCUT2D eigenvalue weighted by atomic mass is 10.1. The van der Waals surface area contributed by atoms with E-state index >= 15 is 0 Å². The molecule has 8 heteroatoms. The molecule has 8 nitrogen and oxygen atoms in total. The number of hydrogen-bond donors (Lipinski definition) is 1. The summed E-state index contributed by atoms with van der Waals surface area (Å²) >= 11 is 0. The molecule has 0 radical (unpaired) electrons. The van der Waals surface area contributed by atoms with E-state index in [1.54, 1.807) is 61.7 Å². The number of fused-ring (bicyclic) bond motifs is 1. The summed E-state index contributed by atoms with van der Waals surface area (Å²) in [7, 11) is 0. The summed E-state index contributed by atoms with van der Waals surface area (Å²) in [6, 6.07) is 12.9. The number of barbiturate groups is 1. The summed E-state index contributed by atoms with van der Waals surface area (Å²) in [6.45, 7) is 3.55. The van der Waals surface area contributed by atoms with Gasteiger partial charge in [0.25, 0.3) is 11.8 Å². The Hall–Kier alpha value is -4.20. The zero-order valence-corrected chi connectivity index (χ0v) is 16.9. The van der Waals surface area contributed by atoms with E-state index in [1.165, 1.54) is 17.6 Å². The molecule has 4 amide bonds. The molecule has 1 N–H and O–H groups in total. The molecule has 2 aromatic carbocycles. The van der Waals surface area contributed by atoms with Crippen LogP contribution in [0.5, 0.6) is 5.75 Å². The van der Waals surface area contributed by atoms with Crippen LogP contribution in [-0.4, -0.2) is 34.9 Å². The molecule has 0 atom stereocenters. The van der Waals surface area contributed by atoms with Crippen LogP contribution in [0.15, 0.2) is 60.3 Å². The Morgan fingerprint density at radius 2 is 1.77 bits per heavy atom. The molecule has 1 aliphatic rings. The minimum absolute atomic E-state index is 0.206. The van der Waals surface area contributed by atoms with Crippen LogP contribution in [0.4, 0.5) is 10.5 Å². The van der Waals surface area contributed by atoms with Gasteiger partial charge >= 0.3 is 6.03 Å². The highest BCUT2D eigenvalue weighted by Crippen LogP contribution is 2.32. The number of amides is 4. The molecular weight excluding hydrogens is 398 g/mol. The highest BCUT2D eigenvalue weighted by Gasteiger charge is 2.38. The number of carbonyl (C=O) groups excluding carboxylic acids is 4. The van der Waals surface area contributed by atoms with Crippen molar-refractivity contribution in [3.8, 4) is 5.75 Å².